The molecule has 0 bridgehead atoms. The predicted molar refractivity (Wildman–Crippen MR) is 121 cm³/mol. The van der Waals surface area contributed by atoms with Crippen molar-refractivity contribution in [3.8, 4) is 0 Å². The van der Waals surface area contributed by atoms with Crippen LogP contribution in [0.2, 0.25) is 0 Å². The molecule has 3 amide bonds. The van der Waals surface area contributed by atoms with Crippen LogP contribution in [0.1, 0.15) is 20.8 Å². The van der Waals surface area contributed by atoms with Gasteiger partial charge < -0.3 is 14.8 Å². The highest BCUT2D eigenvalue weighted by Gasteiger charge is 2.19. The summed E-state index contributed by atoms with van der Waals surface area (Å²) in [5.74, 6) is -1.41. The zero-order valence-electron chi connectivity index (χ0n) is 17.8. The van der Waals surface area contributed by atoms with Crippen LogP contribution >= 0.6 is 23.1 Å². The molecule has 0 spiro atoms. The Morgan fingerprint density at radius 1 is 1.16 bits per heavy atom. The molecule has 3 rings (SSSR count). The van der Waals surface area contributed by atoms with Gasteiger partial charge in [0.05, 0.1) is 12.2 Å². The average Bonchev–Trinajstić information content (AvgIpc) is 3.07. The van der Waals surface area contributed by atoms with E-state index in [1.54, 1.807) is 35.6 Å². The van der Waals surface area contributed by atoms with Gasteiger partial charge in [-0.2, -0.15) is 0 Å². The van der Waals surface area contributed by atoms with Crippen molar-refractivity contribution in [2.45, 2.75) is 23.8 Å². The lowest BCUT2D eigenvalue weighted by Crippen LogP contribution is -2.42. The van der Waals surface area contributed by atoms with Gasteiger partial charge in [-0.3, -0.25) is 10.1 Å². The molecule has 2 heterocycles. The molecule has 2 N–H and O–H groups in total. The van der Waals surface area contributed by atoms with E-state index in [2.05, 4.69) is 20.6 Å². The largest absolute Gasteiger partial charge is 0.452 e. The van der Waals surface area contributed by atoms with Crippen molar-refractivity contribution in [3.05, 3.63) is 46.6 Å². The summed E-state index contributed by atoms with van der Waals surface area (Å²) in [6.07, 6.45) is 1.50. The van der Waals surface area contributed by atoms with Gasteiger partial charge >= 0.3 is 12.0 Å². The smallest absolute Gasteiger partial charge is 0.339 e. The second kappa shape index (κ2) is 11.0. The quantitative estimate of drug-likeness (QED) is 0.290. The number of imide groups is 1. The van der Waals surface area contributed by atoms with Crippen molar-refractivity contribution in [1.29, 1.82) is 0 Å². The minimum atomic E-state index is -0.736. The summed E-state index contributed by atoms with van der Waals surface area (Å²) < 4.78 is 9.91. The first-order chi connectivity index (χ1) is 15.4. The summed E-state index contributed by atoms with van der Waals surface area (Å²) in [7, 11) is 1.50. The van der Waals surface area contributed by atoms with Gasteiger partial charge in [0.25, 0.3) is 5.91 Å². The lowest BCUT2D eigenvalue weighted by atomic mass is 10.2. The van der Waals surface area contributed by atoms with E-state index in [-0.39, 0.29) is 6.54 Å². The minimum Gasteiger partial charge on any atom is -0.452 e. The number of nitrogens with zero attached hydrogens (tertiary/aromatic N) is 2. The highest BCUT2D eigenvalue weighted by Crippen LogP contribution is 2.38. The number of fused-ring (bicyclic) bond motifs is 1. The van der Waals surface area contributed by atoms with Crippen molar-refractivity contribution >= 4 is 51.2 Å². The second-order valence-electron chi connectivity index (χ2n) is 6.61. The van der Waals surface area contributed by atoms with Crippen molar-refractivity contribution in [2.75, 3.05) is 26.9 Å². The Labute approximate surface area is 192 Å². The van der Waals surface area contributed by atoms with E-state index in [1.807, 2.05) is 13.8 Å². The highest BCUT2D eigenvalue weighted by atomic mass is 32.2. The first kappa shape index (κ1) is 23.6. The van der Waals surface area contributed by atoms with Crippen LogP contribution in [0.4, 0.5) is 4.79 Å². The number of urea groups is 1. The summed E-state index contributed by atoms with van der Waals surface area (Å²) in [5.41, 5.74) is 1.40. The first-order valence-electron chi connectivity index (χ1n) is 9.62. The lowest BCUT2D eigenvalue weighted by molar-refractivity contribution is -0.123. The third-order valence-corrected chi connectivity index (χ3v) is 6.62. The molecular weight excluding hydrogens is 452 g/mol. The molecule has 0 aliphatic heterocycles. The Bertz CT molecular complexity index is 1150. The molecule has 0 atom stereocenters. The number of benzene rings is 1. The fourth-order valence-electron chi connectivity index (χ4n) is 2.74. The van der Waals surface area contributed by atoms with E-state index in [1.165, 1.54) is 25.2 Å². The van der Waals surface area contributed by atoms with Crippen molar-refractivity contribution < 1.29 is 23.9 Å². The van der Waals surface area contributed by atoms with E-state index < -0.39 is 24.5 Å². The summed E-state index contributed by atoms with van der Waals surface area (Å²) in [6.45, 7) is 4.03. The number of rotatable bonds is 8. The number of carbonyl (C=O) groups is 3. The minimum absolute atomic E-state index is 0.249. The number of aromatic nitrogens is 2. The summed E-state index contributed by atoms with van der Waals surface area (Å²) in [6, 6.07) is 6.23. The molecule has 9 nitrogen and oxygen atoms in total. The molecule has 2 aromatic heterocycles. The number of aryl methyl sites for hydroxylation is 2. The molecule has 0 fully saturated rings. The van der Waals surface area contributed by atoms with Crippen molar-refractivity contribution in [2.24, 2.45) is 0 Å². The van der Waals surface area contributed by atoms with Gasteiger partial charge in [0, 0.05) is 28.8 Å². The Morgan fingerprint density at radius 3 is 2.72 bits per heavy atom. The second-order valence-corrected chi connectivity index (χ2v) is 8.85. The number of hydrogen-bond donors (Lipinski definition) is 2. The Kier molecular flexibility index (Phi) is 8.14. The lowest BCUT2D eigenvalue weighted by Gasteiger charge is -2.10. The predicted octanol–water partition coefficient (Wildman–Crippen LogP) is 3.09. The summed E-state index contributed by atoms with van der Waals surface area (Å²) in [5, 5.41) is 6.22. The van der Waals surface area contributed by atoms with Gasteiger partial charge in [-0.15, -0.1) is 11.3 Å². The Hall–Kier alpha value is -3.02. The molecule has 0 aliphatic rings. The molecule has 1 aromatic carbocycles. The zero-order chi connectivity index (χ0) is 23.1. The van der Waals surface area contributed by atoms with E-state index in [4.69, 9.17) is 9.47 Å². The molecular formula is C21H22N4O5S2. The number of esters is 1. The molecule has 0 saturated heterocycles. The van der Waals surface area contributed by atoms with E-state index in [9.17, 15) is 14.4 Å². The number of methoxy groups -OCH3 is 1. The maximum absolute atomic E-state index is 12.6. The van der Waals surface area contributed by atoms with Crippen LogP contribution in [0.25, 0.3) is 10.2 Å². The normalized spacial score (nSPS) is 10.7. The van der Waals surface area contributed by atoms with Crippen LogP contribution in [0.15, 0.2) is 40.5 Å². The summed E-state index contributed by atoms with van der Waals surface area (Å²) >= 11 is 2.93. The van der Waals surface area contributed by atoms with Crippen LogP contribution in [0.3, 0.4) is 0 Å². The van der Waals surface area contributed by atoms with Gasteiger partial charge in [0.15, 0.2) is 6.61 Å². The standard InChI is InChI=1S/C21H22N4O5S2/c1-12-13(2)31-18-17(12)19(24-11-23-18)32-15-7-5-4-6-14(15)20(27)30-10-16(26)25-21(28)22-8-9-29-3/h4-7,11H,8-10H2,1-3H3,(H2,22,25,26,28). The van der Waals surface area contributed by atoms with E-state index in [0.717, 1.165) is 25.7 Å². The van der Waals surface area contributed by atoms with Gasteiger partial charge in [0.1, 0.15) is 16.2 Å². The van der Waals surface area contributed by atoms with Crippen molar-refractivity contribution in [1.82, 2.24) is 20.6 Å². The molecule has 11 heteroatoms. The van der Waals surface area contributed by atoms with E-state index >= 15 is 0 Å². The number of ether oxygens (including phenoxy) is 2. The highest BCUT2D eigenvalue weighted by molar-refractivity contribution is 7.99. The molecule has 0 radical (unpaired) electrons. The third kappa shape index (κ3) is 5.81. The Morgan fingerprint density at radius 2 is 1.94 bits per heavy atom. The molecule has 0 saturated carbocycles. The molecule has 0 unspecified atom stereocenters. The van der Waals surface area contributed by atoms with Gasteiger partial charge in [-0.1, -0.05) is 23.9 Å². The van der Waals surface area contributed by atoms with Crippen LogP contribution in [0.5, 0.6) is 0 Å². The topological polar surface area (TPSA) is 120 Å². The summed E-state index contributed by atoms with van der Waals surface area (Å²) in [4.78, 5) is 47.5. The maximum atomic E-state index is 12.6. The van der Waals surface area contributed by atoms with Crippen LogP contribution in [0, 0.1) is 13.8 Å². The Balaban J connectivity index is 1.67. The maximum Gasteiger partial charge on any atom is 0.339 e. The number of amides is 3. The first-order valence-corrected chi connectivity index (χ1v) is 11.2. The van der Waals surface area contributed by atoms with Crippen molar-refractivity contribution in [3.63, 3.8) is 0 Å². The van der Waals surface area contributed by atoms with Crippen LogP contribution in [-0.2, 0) is 14.3 Å². The van der Waals surface area contributed by atoms with Crippen LogP contribution in [-0.4, -0.2) is 54.7 Å². The molecule has 168 valence electrons. The molecule has 0 aliphatic carbocycles. The fraction of sp³-hybridized carbons (Fsp3) is 0.286. The SMILES string of the molecule is COCCNC(=O)NC(=O)COC(=O)c1ccccc1Sc1ncnc2sc(C)c(C)c12. The van der Waals surface area contributed by atoms with E-state index in [0.29, 0.717) is 17.1 Å². The molecule has 32 heavy (non-hydrogen) atoms. The monoisotopic (exact) mass is 474 g/mol. The average molecular weight is 475 g/mol. The van der Waals surface area contributed by atoms with Gasteiger partial charge in [-0.25, -0.2) is 19.6 Å². The molecule has 3 aromatic rings. The number of nitrogens with one attached hydrogen (secondary N) is 2. The van der Waals surface area contributed by atoms with Crippen LogP contribution < -0.4 is 10.6 Å². The number of thiophene rings is 1. The zero-order valence-corrected chi connectivity index (χ0v) is 19.4. The number of carbonyl (C=O) groups excluding carboxylic acids is 3. The van der Waals surface area contributed by atoms with Gasteiger partial charge in [-0.05, 0) is 31.5 Å². The number of hydrogen-bond acceptors (Lipinski definition) is 9. The fourth-order valence-corrected chi connectivity index (χ4v) is 4.87. The van der Waals surface area contributed by atoms with Gasteiger partial charge in [0.2, 0.25) is 0 Å². The third-order valence-electron chi connectivity index (χ3n) is 4.42.